The molecule has 0 N–H and O–H groups in total. The van der Waals surface area contributed by atoms with Gasteiger partial charge in [-0.3, -0.25) is 9.36 Å². The van der Waals surface area contributed by atoms with E-state index < -0.39 is 0 Å². The van der Waals surface area contributed by atoms with Gasteiger partial charge in [-0.25, -0.2) is 4.98 Å². The second kappa shape index (κ2) is 8.19. The number of benzene rings is 3. The Morgan fingerprint density at radius 1 is 1.00 bits per heavy atom. The maximum atomic E-state index is 12.8. The molecule has 3 aromatic carbocycles. The maximum Gasteiger partial charge on any atom is 0.253 e. The van der Waals surface area contributed by atoms with E-state index in [-0.39, 0.29) is 5.91 Å². The van der Waals surface area contributed by atoms with Gasteiger partial charge in [0.2, 0.25) is 0 Å². The third kappa shape index (κ3) is 3.99. The van der Waals surface area contributed by atoms with Gasteiger partial charge in [-0.05, 0) is 61.0 Å². The molecule has 0 aliphatic rings. The van der Waals surface area contributed by atoms with Crippen LogP contribution in [0.4, 0.5) is 0 Å². The van der Waals surface area contributed by atoms with Crippen LogP contribution in [0.1, 0.15) is 22.8 Å². The maximum absolute atomic E-state index is 12.8. The van der Waals surface area contributed by atoms with Crippen LogP contribution < -0.4 is 4.74 Å². The quantitative estimate of drug-likeness (QED) is 0.483. The van der Waals surface area contributed by atoms with E-state index in [0.717, 1.165) is 28.0 Å². The Bertz CT molecular complexity index is 1120. The van der Waals surface area contributed by atoms with Crippen molar-refractivity contribution in [3.05, 3.63) is 90.3 Å². The Kier molecular flexibility index (Phi) is 5.29. The van der Waals surface area contributed by atoms with Crippen molar-refractivity contribution in [2.24, 2.45) is 0 Å². The van der Waals surface area contributed by atoms with Crippen molar-refractivity contribution < 1.29 is 9.53 Å². The molecule has 1 heterocycles. The number of rotatable bonds is 6. The predicted molar refractivity (Wildman–Crippen MR) is 114 cm³/mol. The lowest BCUT2D eigenvalue weighted by atomic mass is 10.1. The fraction of sp³-hybridized carbons (Fsp3) is 0.167. The van der Waals surface area contributed by atoms with Gasteiger partial charge >= 0.3 is 0 Å². The standard InChI is InChI=1S/C24H23N3O2/c1-3-29-21-14-8-18(9-15-21)16-26(2)24(28)19-10-12-20(13-11-19)27-17-25-22-6-4-5-7-23(22)27/h4-15,17H,3,16H2,1-2H3. The monoisotopic (exact) mass is 385 g/mol. The number of hydrogen-bond acceptors (Lipinski definition) is 3. The molecule has 4 rings (SSSR count). The fourth-order valence-electron chi connectivity index (χ4n) is 3.35. The zero-order chi connectivity index (χ0) is 20.2. The van der Waals surface area contributed by atoms with Crippen LogP contribution in [0.3, 0.4) is 0 Å². The van der Waals surface area contributed by atoms with Crippen LogP contribution in [0, 0.1) is 0 Å². The molecule has 0 saturated carbocycles. The Hall–Kier alpha value is -3.60. The van der Waals surface area contributed by atoms with E-state index in [2.05, 4.69) is 4.98 Å². The number of carbonyl (C=O) groups excluding carboxylic acids is 1. The molecule has 0 spiro atoms. The van der Waals surface area contributed by atoms with Crippen LogP contribution in [0.5, 0.6) is 5.75 Å². The summed E-state index contributed by atoms with van der Waals surface area (Å²) < 4.78 is 7.49. The average molecular weight is 385 g/mol. The van der Waals surface area contributed by atoms with Crippen molar-refractivity contribution in [2.45, 2.75) is 13.5 Å². The first-order valence-corrected chi connectivity index (χ1v) is 9.65. The smallest absolute Gasteiger partial charge is 0.253 e. The highest BCUT2D eigenvalue weighted by molar-refractivity contribution is 5.94. The lowest BCUT2D eigenvalue weighted by Gasteiger charge is -2.18. The van der Waals surface area contributed by atoms with Gasteiger partial charge in [0.25, 0.3) is 5.91 Å². The summed E-state index contributed by atoms with van der Waals surface area (Å²) in [5, 5.41) is 0. The molecule has 29 heavy (non-hydrogen) atoms. The van der Waals surface area contributed by atoms with E-state index in [4.69, 9.17) is 4.74 Å². The van der Waals surface area contributed by atoms with Gasteiger partial charge in [-0.2, -0.15) is 0 Å². The van der Waals surface area contributed by atoms with Crippen molar-refractivity contribution in [3.63, 3.8) is 0 Å². The summed E-state index contributed by atoms with van der Waals surface area (Å²) >= 11 is 0. The summed E-state index contributed by atoms with van der Waals surface area (Å²) in [5.41, 5.74) is 4.68. The topological polar surface area (TPSA) is 47.4 Å². The first-order chi connectivity index (χ1) is 14.2. The lowest BCUT2D eigenvalue weighted by molar-refractivity contribution is 0.0785. The van der Waals surface area contributed by atoms with Crippen molar-refractivity contribution >= 4 is 16.9 Å². The molecule has 5 nitrogen and oxygen atoms in total. The number of imidazole rings is 1. The molecule has 0 bridgehead atoms. The number of carbonyl (C=O) groups is 1. The molecule has 1 amide bonds. The van der Waals surface area contributed by atoms with Gasteiger partial charge in [-0.15, -0.1) is 0 Å². The molecule has 0 fully saturated rings. The predicted octanol–water partition coefficient (Wildman–Crippen LogP) is 4.70. The molecule has 0 aliphatic carbocycles. The first kappa shape index (κ1) is 18.7. The van der Waals surface area contributed by atoms with Crippen LogP contribution in [0.15, 0.2) is 79.1 Å². The van der Waals surface area contributed by atoms with Crippen LogP contribution in [0.25, 0.3) is 16.7 Å². The summed E-state index contributed by atoms with van der Waals surface area (Å²) in [6.45, 7) is 3.14. The number of aromatic nitrogens is 2. The number of para-hydroxylation sites is 2. The number of hydrogen-bond donors (Lipinski definition) is 0. The second-order valence-corrected chi connectivity index (χ2v) is 6.89. The normalized spacial score (nSPS) is 10.8. The highest BCUT2D eigenvalue weighted by Crippen LogP contribution is 2.19. The van der Waals surface area contributed by atoms with E-state index in [1.54, 1.807) is 11.2 Å². The van der Waals surface area contributed by atoms with Crippen molar-refractivity contribution in [3.8, 4) is 11.4 Å². The SMILES string of the molecule is CCOc1ccc(CN(C)C(=O)c2ccc(-n3cnc4ccccc43)cc2)cc1. The molecule has 5 heteroatoms. The summed E-state index contributed by atoms with van der Waals surface area (Å²) in [6, 6.07) is 23.5. The number of fused-ring (bicyclic) bond motifs is 1. The van der Waals surface area contributed by atoms with Gasteiger partial charge in [0, 0.05) is 24.8 Å². The van der Waals surface area contributed by atoms with Crippen LogP contribution in [-0.4, -0.2) is 34.0 Å². The van der Waals surface area contributed by atoms with E-state index in [1.807, 2.05) is 91.3 Å². The molecule has 1 aromatic heterocycles. The zero-order valence-electron chi connectivity index (χ0n) is 16.6. The molecule has 0 saturated heterocycles. The molecule has 0 radical (unpaired) electrons. The number of amides is 1. The summed E-state index contributed by atoms with van der Waals surface area (Å²) in [4.78, 5) is 19.0. The largest absolute Gasteiger partial charge is 0.494 e. The molecule has 0 atom stereocenters. The molecule has 146 valence electrons. The van der Waals surface area contributed by atoms with Crippen molar-refractivity contribution in [1.82, 2.24) is 14.5 Å². The van der Waals surface area contributed by atoms with Crippen LogP contribution >= 0.6 is 0 Å². The van der Waals surface area contributed by atoms with E-state index in [0.29, 0.717) is 18.7 Å². The van der Waals surface area contributed by atoms with E-state index >= 15 is 0 Å². The van der Waals surface area contributed by atoms with Crippen LogP contribution in [-0.2, 0) is 6.54 Å². The minimum Gasteiger partial charge on any atom is -0.494 e. The minimum atomic E-state index is -0.0130. The van der Waals surface area contributed by atoms with Crippen molar-refractivity contribution in [1.29, 1.82) is 0 Å². The van der Waals surface area contributed by atoms with E-state index in [1.165, 1.54) is 0 Å². The highest BCUT2D eigenvalue weighted by atomic mass is 16.5. The van der Waals surface area contributed by atoms with Gasteiger partial charge < -0.3 is 9.64 Å². The summed E-state index contributed by atoms with van der Waals surface area (Å²) in [5.74, 6) is 0.828. The van der Waals surface area contributed by atoms with Gasteiger partial charge in [-0.1, -0.05) is 24.3 Å². The van der Waals surface area contributed by atoms with Crippen LogP contribution in [0.2, 0.25) is 0 Å². The Morgan fingerprint density at radius 2 is 1.72 bits per heavy atom. The zero-order valence-corrected chi connectivity index (χ0v) is 16.6. The molecule has 4 aromatic rings. The minimum absolute atomic E-state index is 0.0130. The third-order valence-corrected chi connectivity index (χ3v) is 4.85. The van der Waals surface area contributed by atoms with Crippen molar-refractivity contribution in [2.75, 3.05) is 13.7 Å². The summed E-state index contributed by atoms with van der Waals surface area (Å²) in [6.07, 6.45) is 1.81. The van der Waals surface area contributed by atoms with E-state index in [9.17, 15) is 4.79 Å². The lowest BCUT2D eigenvalue weighted by Crippen LogP contribution is -2.26. The van der Waals surface area contributed by atoms with Gasteiger partial charge in [0.15, 0.2) is 0 Å². The third-order valence-electron chi connectivity index (χ3n) is 4.85. The second-order valence-electron chi connectivity index (χ2n) is 6.89. The molecule has 0 unspecified atom stereocenters. The Balaban J connectivity index is 1.47. The number of ether oxygens (including phenoxy) is 1. The highest BCUT2D eigenvalue weighted by Gasteiger charge is 2.13. The van der Waals surface area contributed by atoms with Gasteiger partial charge in [0.1, 0.15) is 12.1 Å². The Labute approximate surface area is 170 Å². The Morgan fingerprint density at radius 3 is 2.45 bits per heavy atom. The molecular weight excluding hydrogens is 362 g/mol. The van der Waals surface area contributed by atoms with Gasteiger partial charge in [0.05, 0.1) is 17.6 Å². The molecular formula is C24H23N3O2. The fourth-order valence-corrected chi connectivity index (χ4v) is 3.35. The number of nitrogens with zero attached hydrogens (tertiary/aromatic N) is 3. The summed E-state index contributed by atoms with van der Waals surface area (Å²) in [7, 11) is 1.82. The molecule has 0 aliphatic heterocycles. The average Bonchev–Trinajstić information content (AvgIpc) is 3.19. The first-order valence-electron chi connectivity index (χ1n) is 9.65.